The molecule has 0 heterocycles. The molecule has 0 bridgehead atoms. The van der Waals surface area contributed by atoms with Crippen molar-refractivity contribution >= 4 is 15.9 Å². The fraction of sp³-hybridized carbons (Fsp3) is 0.600. The molecule has 3 nitrogen and oxygen atoms in total. The third kappa shape index (κ3) is 2.90. The molecule has 0 amide bonds. The largest absolute Gasteiger partial charge is 0.495 e. The summed E-state index contributed by atoms with van der Waals surface area (Å²) in [6.07, 6.45) is 2.88. The van der Waals surface area contributed by atoms with Crippen LogP contribution in [-0.2, 0) is 0 Å². The molecule has 1 saturated carbocycles. The number of ether oxygens (including phenoxy) is 2. The van der Waals surface area contributed by atoms with Crippen LogP contribution in [0, 0.1) is 11.8 Å². The highest BCUT2D eigenvalue weighted by molar-refractivity contribution is 9.10. The minimum Gasteiger partial charge on any atom is -0.495 e. The van der Waals surface area contributed by atoms with Crippen LogP contribution in [0.5, 0.6) is 11.5 Å². The minimum atomic E-state index is -0.470. The Hall–Kier alpha value is -0.740. The lowest BCUT2D eigenvalue weighted by atomic mass is 9.93. The van der Waals surface area contributed by atoms with Crippen LogP contribution in [0.15, 0.2) is 16.6 Å². The molecule has 4 heteroatoms. The SMILES string of the molecule is COc1ccc(C(O)C2CCC(C)C2)c(OC)c1Br. The molecule has 0 radical (unpaired) electrons. The molecule has 0 aromatic heterocycles. The first-order chi connectivity index (χ1) is 9.08. The highest BCUT2D eigenvalue weighted by Gasteiger charge is 2.31. The summed E-state index contributed by atoms with van der Waals surface area (Å²) in [5.41, 5.74) is 0.842. The Kier molecular flexibility index (Phi) is 4.74. The van der Waals surface area contributed by atoms with Crippen molar-refractivity contribution in [2.24, 2.45) is 11.8 Å². The predicted octanol–water partition coefficient (Wildman–Crippen LogP) is 3.94. The second kappa shape index (κ2) is 6.14. The summed E-state index contributed by atoms with van der Waals surface area (Å²) < 4.78 is 11.5. The van der Waals surface area contributed by atoms with Crippen LogP contribution in [0.1, 0.15) is 37.9 Å². The van der Waals surface area contributed by atoms with Crippen LogP contribution >= 0.6 is 15.9 Å². The van der Waals surface area contributed by atoms with Crippen LogP contribution in [0.2, 0.25) is 0 Å². The van der Waals surface area contributed by atoms with Crippen molar-refractivity contribution in [2.45, 2.75) is 32.3 Å². The fourth-order valence-electron chi connectivity index (χ4n) is 2.94. The third-order valence-corrected chi connectivity index (χ3v) is 4.77. The summed E-state index contributed by atoms with van der Waals surface area (Å²) in [6, 6.07) is 3.76. The zero-order valence-corrected chi connectivity index (χ0v) is 13.2. The fourth-order valence-corrected chi connectivity index (χ4v) is 3.63. The van der Waals surface area contributed by atoms with Gasteiger partial charge in [-0.2, -0.15) is 0 Å². The van der Waals surface area contributed by atoms with E-state index >= 15 is 0 Å². The molecule has 106 valence electrons. The average molecular weight is 329 g/mol. The predicted molar refractivity (Wildman–Crippen MR) is 78.7 cm³/mol. The van der Waals surface area contributed by atoms with Crippen LogP contribution in [0.25, 0.3) is 0 Å². The molecule has 0 aliphatic heterocycles. The number of methoxy groups -OCH3 is 2. The number of hydrogen-bond acceptors (Lipinski definition) is 3. The maximum absolute atomic E-state index is 10.6. The van der Waals surface area contributed by atoms with Gasteiger partial charge in [-0.1, -0.05) is 13.3 Å². The van der Waals surface area contributed by atoms with Gasteiger partial charge in [0.15, 0.2) is 0 Å². The Morgan fingerprint density at radius 3 is 2.53 bits per heavy atom. The standard InChI is InChI=1S/C15H21BrO3/c1-9-4-5-10(8-9)14(17)11-6-7-12(18-2)13(16)15(11)19-3/h6-7,9-10,14,17H,4-5,8H2,1-3H3. The van der Waals surface area contributed by atoms with Gasteiger partial charge in [0.1, 0.15) is 16.0 Å². The van der Waals surface area contributed by atoms with E-state index in [9.17, 15) is 5.11 Å². The van der Waals surface area contributed by atoms with Gasteiger partial charge in [-0.25, -0.2) is 0 Å². The Bertz CT molecular complexity index is 447. The Morgan fingerprint density at radius 1 is 1.26 bits per heavy atom. The lowest BCUT2D eigenvalue weighted by Gasteiger charge is -2.22. The first-order valence-electron chi connectivity index (χ1n) is 6.66. The summed E-state index contributed by atoms with van der Waals surface area (Å²) in [5.74, 6) is 2.41. The van der Waals surface area contributed by atoms with E-state index in [2.05, 4.69) is 22.9 Å². The maximum atomic E-state index is 10.6. The van der Waals surface area contributed by atoms with Crippen molar-refractivity contribution in [3.05, 3.63) is 22.2 Å². The number of aliphatic hydroxyl groups excluding tert-OH is 1. The highest BCUT2D eigenvalue weighted by atomic mass is 79.9. The molecule has 1 aromatic carbocycles. The lowest BCUT2D eigenvalue weighted by molar-refractivity contribution is 0.106. The van der Waals surface area contributed by atoms with Gasteiger partial charge in [0.05, 0.1) is 20.3 Å². The number of halogens is 1. The third-order valence-electron chi connectivity index (χ3n) is 4.02. The molecule has 1 aromatic rings. The highest BCUT2D eigenvalue weighted by Crippen LogP contribution is 2.45. The molecule has 19 heavy (non-hydrogen) atoms. The van der Waals surface area contributed by atoms with Crippen molar-refractivity contribution in [2.75, 3.05) is 14.2 Å². The Morgan fingerprint density at radius 2 is 2.00 bits per heavy atom. The Balaban J connectivity index is 2.31. The molecule has 0 saturated heterocycles. The topological polar surface area (TPSA) is 38.7 Å². The number of benzene rings is 1. The maximum Gasteiger partial charge on any atom is 0.142 e. The van der Waals surface area contributed by atoms with Gasteiger partial charge in [0.2, 0.25) is 0 Å². The van der Waals surface area contributed by atoms with Crippen molar-refractivity contribution in [3.63, 3.8) is 0 Å². The summed E-state index contributed by atoms with van der Waals surface area (Å²) in [7, 11) is 3.24. The Labute approximate surface area is 123 Å². The molecule has 3 unspecified atom stereocenters. The van der Waals surface area contributed by atoms with Gasteiger partial charge in [0.25, 0.3) is 0 Å². The van der Waals surface area contributed by atoms with Crippen molar-refractivity contribution < 1.29 is 14.6 Å². The molecule has 1 fully saturated rings. The molecule has 0 spiro atoms. The second-order valence-corrected chi connectivity index (χ2v) is 6.12. The van der Waals surface area contributed by atoms with E-state index in [1.165, 1.54) is 6.42 Å². The van der Waals surface area contributed by atoms with E-state index in [-0.39, 0.29) is 0 Å². The molecule has 1 aliphatic carbocycles. The van der Waals surface area contributed by atoms with Crippen molar-refractivity contribution in [1.82, 2.24) is 0 Å². The molecular formula is C15H21BrO3. The van der Waals surface area contributed by atoms with E-state index in [1.807, 2.05) is 12.1 Å². The molecule has 2 rings (SSSR count). The number of aliphatic hydroxyl groups is 1. The molecule has 1 N–H and O–H groups in total. The number of rotatable bonds is 4. The summed E-state index contributed by atoms with van der Waals surface area (Å²) in [5, 5.41) is 10.6. The quantitative estimate of drug-likeness (QED) is 0.909. The summed E-state index contributed by atoms with van der Waals surface area (Å²) in [4.78, 5) is 0. The van der Waals surface area contributed by atoms with E-state index in [1.54, 1.807) is 14.2 Å². The molecular weight excluding hydrogens is 308 g/mol. The second-order valence-electron chi connectivity index (χ2n) is 5.33. The lowest BCUT2D eigenvalue weighted by Crippen LogP contribution is -2.11. The first kappa shape index (κ1) is 14.7. The summed E-state index contributed by atoms with van der Waals surface area (Å²) in [6.45, 7) is 2.24. The zero-order chi connectivity index (χ0) is 14.0. The van der Waals surface area contributed by atoms with Gasteiger partial charge in [0, 0.05) is 5.56 Å². The smallest absolute Gasteiger partial charge is 0.142 e. The van der Waals surface area contributed by atoms with Gasteiger partial charge >= 0.3 is 0 Å². The van der Waals surface area contributed by atoms with Crippen LogP contribution in [0.3, 0.4) is 0 Å². The van der Waals surface area contributed by atoms with E-state index in [0.717, 1.165) is 22.9 Å². The summed E-state index contributed by atoms with van der Waals surface area (Å²) >= 11 is 3.48. The van der Waals surface area contributed by atoms with Crippen LogP contribution in [-0.4, -0.2) is 19.3 Å². The average Bonchev–Trinajstić information content (AvgIpc) is 2.84. The first-order valence-corrected chi connectivity index (χ1v) is 7.46. The van der Waals surface area contributed by atoms with E-state index in [4.69, 9.17) is 9.47 Å². The van der Waals surface area contributed by atoms with Gasteiger partial charge < -0.3 is 14.6 Å². The van der Waals surface area contributed by atoms with Crippen LogP contribution in [0.4, 0.5) is 0 Å². The normalized spacial score (nSPS) is 24.3. The monoisotopic (exact) mass is 328 g/mol. The van der Waals surface area contributed by atoms with Gasteiger partial charge in [-0.05, 0) is 52.7 Å². The van der Waals surface area contributed by atoms with Crippen LogP contribution < -0.4 is 9.47 Å². The van der Waals surface area contributed by atoms with Crippen molar-refractivity contribution in [1.29, 1.82) is 0 Å². The molecule has 1 aliphatic rings. The molecule has 3 atom stereocenters. The minimum absolute atomic E-state index is 0.323. The van der Waals surface area contributed by atoms with E-state index < -0.39 is 6.10 Å². The van der Waals surface area contributed by atoms with Gasteiger partial charge in [-0.3, -0.25) is 0 Å². The van der Waals surface area contributed by atoms with E-state index in [0.29, 0.717) is 23.3 Å². The zero-order valence-electron chi connectivity index (χ0n) is 11.6. The number of hydrogen-bond donors (Lipinski definition) is 1. The van der Waals surface area contributed by atoms with Crippen molar-refractivity contribution in [3.8, 4) is 11.5 Å². The van der Waals surface area contributed by atoms with Gasteiger partial charge in [-0.15, -0.1) is 0 Å².